The molecule has 0 bridgehead atoms. The fourth-order valence-corrected chi connectivity index (χ4v) is 2.60. The molecular weight excluding hydrogens is 258 g/mol. The lowest BCUT2D eigenvalue weighted by Crippen LogP contribution is -2.32. The molecular formula is C15H24ClN3. The van der Waals surface area contributed by atoms with Crippen LogP contribution in [0, 0.1) is 5.92 Å². The molecule has 1 aromatic heterocycles. The molecule has 106 valence electrons. The monoisotopic (exact) mass is 281 g/mol. The Balaban J connectivity index is 2.00. The number of nitrogens with one attached hydrogen (secondary N) is 1. The zero-order valence-corrected chi connectivity index (χ0v) is 12.7. The van der Waals surface area contributed by atoms with Gasteiger partial charge in [-0.15, -0.1) is 0 Å². The van der Waals surface area contributed by atoms with Crippen molar-refractivity contribution >= 4 is 17.4 Å². The van der Waals surface area contributed by atoms with Crippen LogP contribution in [-0.4, -0.2) is 29.5 Å². The van der Waals surface area contributed by atoms with Gasteiger partial charge in [0.05, 0.1) is 10.7 Å². The molecule has 0 radical (unpaired) electrons. The van der Waals surface area contributed by atoms with Gasteiger partial charge in [-0.3, -0.25) is 4.90 Å². The summed E-state index contributed by atoms with van der Waals surface area (Å²) >= 11 is 6.26. The second-order valence-corrected chi connectivity index (χ2v) is 5.69. The summed E-state index contributed by atoms with van der Waals surface area (Å²) in [6.07, 6.45) is 4.17. The molecule has 2 rings (SSSR count). The summed E-state index contributed by atoms with van der Waals surface area (Å²) in [5.74, 6) is 1.80. The second-order valence-electron chi connectivity index (χ2n) is 5.28. The van der Waals surface area contributed by atoms with Crippen LogP contribution < -0.4 is 5.32 Å². The number of halogens is 1. The molecule has 3 nitrogen and oxygen atoms in total. The first kappa shape index (κ1) is 14.6. The SMILES string of the molecule is CCNc1ccc(Cl)c(CN(CC)CC2CCC2)n1. The van der Waals surface area contributed by atoms with Crippen molar-refractivity contribution in [3.05, 3.63) is 22.8 Å². The molecule has 0 atom stereocenters. The van der Waals surface area contributed by atoms with Crippen molar-refractivity contribution in [1.82, 2.24) is 9.88 Å². The molecule has 0 spiro atoms. The number of rotatable bonds is 7. The summed E-state index contributed by atoms with van der Waals surface area (Å²) in [6, 6.07) is 3.89. The van der Waals surface area contributed by atoms with Gasteiger partial charge >= 0.3 is 0 Å². The fourth-order valence-electron chi connectivity index (χ4n) is 2.43. The van der Waals surface area contributed by atoms with E-state index in [2.05, 4.69) is 29.0 Å². The molecule has 1 N–H and O–H groups in total. The predicted octanol–water partition coefficient (Wildman–Crippen LogP) is 3.79. The fraction of sp³-hybridized carbons (Fsp3) is 0.667. The van der Waals surface area contributed by atoms with Gasteiger partial charge in [0.15, 0.2) is 0 Å². The molecule has 4 heteroatoms. The molecule has 0 amide bonds. The zero-order valence-electron chi connectivity index (χ0n) is 12.0. The van der Waals surface area contributed by atoms with E-state index >= 15 is 0 Å². The molecule has 1 fully saturated rings. The number of anilines is 1. The Kier molecular flexibility index (Phi) is 5.46. The van der Waals surface area contributed by atoms with Gasteiger partial charge in [-0.1, -0.05) is 24.9 Å². The summed E-state index contributed by atoms with van der Waals surface area (Å²) in [5.41, 5.74) is 0.987. The van der Waals surface area contributed by atoms with Gasteiger partial charge in [-0.25, -0.2) is 4.98 Å². The minimum absolute atomic E-state index is 0.772. The van der Waals surface area contributed by atoms with Crippen molar-refractivity contribution in [2.24, 2.45) is 5.92 Å². The Hall–Kier alpha value is -0.800. The third kappa shape index (κ3) is 4.08. The van der Waals surface area contributed by atoms with Crippen molar-refractivity contribution in [1.29, 1.82) is 0 Å². The molecule has 0 aromatic carbocycles. The highest BCUT2D eigenvalue weighted by Gasteiger charge is 2.20. The Bertz CT molecular complexity index is 404. The minimum atomic E-state index is 0.772. The summed E-state index contributed by atoms with van der Waals surface area (Å²) in [4.78, 5) is 7.07. The molecule has 19 heavy (non-hydrogen) atoms. The van der Waals surface area contributed by atoms with Crippen molar-refractivity contribution < 1.29 is 0 Å². The maximum atomic E-state index is 6.26. The Morgan fingerprint density at radius 2 is 2.16 bits per heavy atom. The Morgan fingerprint density at radius 3 is 2.74 bits per heavy atom. The highest BCUT2D eigenvalue weighted by atomic mass is 35.5. The van der Waals surface area contributed by atoms with Crippen LogP contribution in [0.2, 0.25) is 5.02 Å². The van der Waals surface area contributed by atoms with E-state index in [1.54, 1.807) is 0 Å². The third-order valence-electron chi connectivity index (χ3n) is 3.84. The molecule has 1 saturated carbocycles. The smallest absolute Gasteiger partial charge is 0.126 e. The number of aromatic nitrogens is 1. The zero-order chi connectivity index (χ0) is 13.7. The molecule has 0 unspecified atom stereocenters. The average Bonchev–Trinajstić information content (AvgIpc) is 2.36. The predicted molar refractivity (Wildman–Crippen MR) is 81.7 cm³/mol. The van der Waals surface area contributed by atoms with Crippen LogP contribution in [0.5, 0.6) is 0 Å². The van der Waals surface area contributed by atoms with Crippen LogP contribution in [0.15, 0.2) is 12.1 Å². The topological polar surface area (TPSA) is 28.2 Å². The van der Waals surface area contributed by atoms with Gasteiger partial charge in [0.1, 0.15) is 5.82 Å². The quantitative estimate of drug-likeness (QED) is 0.824. The van der Waals surface area contributed by atoms with E-state index < -0.39 is 0 Å². The first-order valence-corrected chi connectivity index (χ1v) is 7.72. The van der Waals surface area contributed by atoms with Gasteiger partial charge in [-0.05, 0) is 44.4 Å². The third-order valence-corrected chi connectivity index (χ3v) is 4.18. The number of pyridine rings is 1. The minimum Gasteiger partial charge on any atom is -0.370 e. The summed E-state index contributed by atoms with van der Waals surface area (Å²) in [7, 11) is 0. The normalized spacial score (nSPS) is 15.6. The largest absolute Gasteiger partial charge is 0.370 e. The van der Waals surface area contributed by atoms with E-state index in [9.17, 15) is 0 Å². The van der Waals surface area contributed by atoms with Crippen LogP contribution in [-0.2, 0) is 6.54 Å². The van der Waals surface area contributed by atoms with E-state index in [-0.39, 0.29) is 0 Å². The summed E-state index contributed by atoms with van der Waals surface area (Å²) < 4.78 is 0. The van der Waals surface area contributed by atoms with Crippen LogP contribution >= 0.6 is 11.6 Å². The summed E-state index contributed by atoms with van der Waals surface area (Å²) in [6.45, 7) is 8.25. The standard InChI is InChI=1S/C15H24ClN3/c1-3-17-15-9-8-13(16)14(18-15)11-19(4-2)10-12-6-5-7-12/h8-9,12H,3-7,10-11H2,1-2H3,(H,17,18). The lowest BCUT2D eigenvalue weighted by Gasteiger charge is -2.31. The van der Waals surface area contributed by atoms with Gasteiger partial charge in [0.2, 0.25) is 0 Å². The first-order chi connectivity index (χ1) is 9.22. The van der Waals surface area contributed by atoms with Gasteiger partial charge in [0.25, 0.3) is 0 Å². The number of hydrogen-bond acceptors (Lipinski definition) is 3. The van der Waals surface area contributed by atoms with Crippen LogP contribution in [0.3, 0.4) is 0 Å². The first-order valence-electron chi connectivity index (χ1n) is 7.34. The lowest BCUT2D eigenvalue weighted by molar-refractivity contribution is 0.177. The van der Waals surface area contributed by atoms with Gasteiger partial charge in [-0.2, -0.15) is 0 Å². The number of hydrogen-bond donors (Lipinski definition) is 1. The average molecular weight is 282 g/mol. The molecule has 1 aliphatic carbocycles. The molecule has 0 aliphatic heterocycles. The van der Waals surface area contributed by atoms with E-state index in [0.717, 1.165) is 42.1 Å². The van der Waals surface area contributed by atoms with Crippen LogP contribution in [0.25, 0.3) is 0 Å². The highest BCUT2D eigenvalue weighted by molar-refractivity contribution is 6.31. The van der Waals surface area contributed by atoms with Crippen molar-refractivity contribution in [2.75, 3.05) is 25.0 Å². The highest BCUT2D eigenvalue weighted by Crippen LogP contribution is 2.28. The van der Waals surface area contributed by atoms with Crippen LogP contribution in [0.4, 0.5) is 5.82 Å². The van der Waals surface area contributed by atoms with E-state index in [0.29, 0.717) is 0 Å². The maximum absolute atomic E-state index is 6.26. The van der Waals surface area contributed by atoms with Crippen molar-refractivity contribution in [3.63, 3.8) is 0 Å². The molecule has 1 aliphatic rings. The van der Waals surface area contributed by atoms with Crippen molar-refractivity contribution in [3.8, 4) is 0 Å². The Morgan fingerprint density at radius 1 is 1.37 bits per heavy atom. The van der Waals surface area contributed by atoms with E-state index in [4.69, 9.17) is 11.6 Å². The Labute approximate surface area is 121 Å². The lowest BCUT2D eigenvalue weighted by atomic mass is 9.85. The van der Waals surface area contributed by atoms with Crippen molar-refractivity contribution in [2.45, 2.75) is 39.7 Å². The molecule has 0 saturated heterocycles. The van der Waals surface area contributed by atoms with E-state index in [1.807, 2.05) is 12.1 Å². The van der Waals surface area contributed by atoms with Gasteiger partial charge < -0.3 is 5.32 Å². The second kappa shape index (κ2) is 7.11. The molecule has 1 aromatic rings. The molecule has 1 heterocycles. The van der Waals surface area contributed by atoms with E-state index in [1.165, 1.54) is 25.8 Å². The number of nitrogens with zero attached hydrogens (tertiary/aromatic N) is 2. The maximum Gasteiger partial charge on any atom is 0.126 e. The summed E-state index contributed by atoms with van der Waals surface area (Å²) in [5, 5.41) is 4.01. The van der Waals surface area contributed by atoms with Gasteiger partial charge in [0, 0.05) is 19.6 Å². The van der Waals surface area contributed by atoms with Crippen LogP contribution in [0.1, 0.15) is 38.8 Å².